The highest BCUT2D eigenvalue weighted by Crippen LogP contribution is 2.06. The van der Waals surface area contributed by atoms with E-state index >= 15 is 0 Å². The van der Waals surface area contributed by atoms with Crippen LogP contribution in [0.15, 0.2) is 0 Å². The SMILES string of the molecule is CCCCCCCC[SiH2]OC(=O)CCl. The van der Waals surface area contributed by atoms with Crippen LogP contribution >= 0.6 is 11.6 Å². The fraction of sp³-hybridized carbons (Fsp3) is 0.900. The van der Waals surface area contributed by atoms with Crippen LogP contribution in [0.5, 0.6) is 0 Å². The van der Waals surface area contributed by atoms with Gasteiger partial charge in [0.25, 0.3) is 0 Å². The van der Waals surface area contributed by atoms with E-state index in [2.05, 4.69) is 6.92 Å². The monoisotopic (exact) mass is 236 g/mol. The highest BCUT2D eigenvalue weighted by molar-refractivity contribution is 6.34. The van der Waals surface area contributed by atoms with Crippen LogP contribution in [0.3, 0.4) is 0 Å². The summed E-state index contributed by atoms with van der Waals surface area (Å²) in [6.07, 6.45) is 7.81. The Labute approximate surface area is 94.3 Å². The average molecular weight is 237 g/mol. The predicted octanol–water partition coefficient (Wildman–Crippen LogP) is 2.63. The molecule has 0 atom stereocenters. The van der Waals surface area contributed by atoms with Crippen LogP contribution in [0, 0.1) is 0 Å². The summed E-state index contributed by atoms with van der Waals surface area (Å²) in [5, 5.41) is 0. The molecule has 14 heavy (non-hydrogen) atoms. The molecule has 0 heterocycles. The Kier molecular flexibility index (Phi) is 11.0. The molecule has 4 heteroatoms. The minimum Gasteiger partial charge on any atom is -0.524 e. The van der Waals surface area contributed by atoms with Crippen LogP contribution in [-0.2, 0) is 9.22 Å². The van der Waals surface area contributed by atoms with Gasteiger partial charge in [-0.3, -0.25) is 4.79 Å². The molecule has 0 bridgehead atoms. The van der Waals surface area contributed by atoms with Gasteiger partial charge in [0.05, 0.1) is 0 Å². The molecule has 0 N–H and O–H groups in total. The van der Waals surface area contributed by atoms with E-state index in [1.807, 2.05) is 0 Å². The van der Waals surface area contributed by atoms with Gasteiger partial charge >= 0.3 is 5.97 Å². The number of carbonyl (C=O) groups excluding carboxylic acids is 1. The predicted molar refractivity (Wildman–Crippen MR) is 63.5 cm³/mol. The minimum absolute atomic E-state index is 0.00347. The summed E-state index contributed by atoms with van der Waals surface area (Å²) in [6.45, 7) is 2.22. The van der Waals surface area contributed by atoms with Crippen LogP contribution in [-0.4, -0.2) is 21.6 Å². The molecule has 0 aromatic rings. The number of hydrogen-bond acceptors (Lipinski definition) is 2. The standard InChI is InChI=1S/C10H21ClO2Si/c1-2-3-4-5-6-7-8-14-13-10(12)9-11/h2-9,14H2,1H3. The minimum atomic E-state index is -0.621. The second-order valence-electron chi connectivity index (χ2n) is 3.48. The third-order valence-corrected chi connectivity index (χ3v) is 3.65. The first kappa shape index (κ1) is 14.0. The molecule has 0 radical (unpaired) electrons. The summed E-state index contributed by atoms with van der Waals surface area (Å²) in [4.78, 5) is 10.7. The van der Waals surface area contributed by atoms with Gasteiger partial charge in [-0.25, -0.2) is 0 Å². The summed E-state index contributed by atoms with van der Waals surface area (Å²) >= 11 is 5.30. The molecule has 0 unspecified atom stereocenters. The molecular formula is C10H21ClO2Si. The van der Waals surface area contributed by atoms with E-state index in [4.69, 9.17) is 16.0 Å². The van der Waals surface area contributed by atoms with Crippen molar-refractivity contribution in [3.8, 4) is 0 Å². The largest absolute Gasteiger partial charge is 0.524 e. The van der Waals surface area contributed by atoms with E-state index < -0.39 is 9.76 Å². The van der Waals surface area contributed by atoms with Crippen molar-refractivity contribution < 1.29 is 9.22 Å². The van der Waals surface area contributed by atoms with Crippen LogP contribution in [0.25, 0.3) is 0 Å². The van der Waals surface area contributed by atoms with E-state index in [1.165, 1.54) is 38.5 Å². The van der Waals surface area contributed by atoms with Crippen molar-refractivity contribution in [3.63, 3.8) is 0 Å². The van der Waals surface area contributed by atoms with E-state index in [1.54, 1.807) is 0 Å². The zero-order valence-electron chi connectivity index (χ0n) is 9.06. The highest BCUT2D eigenvalue weighted by Gasteiger charge is 1.98. The van der Waals surface area contributed by atoms with Crippen molar-refractivity contribution in [3.05, 3.63) is 0 Å². The number of halogens is 1. The molecule has 0 rings (SSSR count). The maximum atomic E-state index is 10.7. The summed E-state index contributed by atoms with van der Waals surface area (Å²) in [7, 11) is -0.621. The fourth-order valence-electron chi connectivity index (χ4n) is 1.28. The molecule has 0 aliphatic heterocycles. The zero-order valence-corrected chi connectivity index (χ0v) is 11.2. The molecular weight excluding hydrogens is 216 g/mol. The van der Waals surface area contributed by atoms with E-state index in [9.17, 15) is 4.79 Å². The molecule has 0 aliphatic carbocycles. The van der Waals surface area contributed by atoms with E-state index in [0.29, 0.717) is 0 Å². The smallest absolute Gasteiger partial charge is 0.307 e. The molecule has 84 valence electrons. The van der Waals surface area contributed by atoms with Crippen molar-refractivity contribution in [2.45, 2.75) is 51.5 Å². The highest BCUT2D eigenvalue weighted by atomic mass is 35.5. The van der Waals surface area contributed by atoms with Crippen LogP contribution in [0.1, 0.15) is 45.4 Å². The van der Waals surface area contributed by atoms with Gasteiger partial charge in [-0.1, -0.05) is 45.4 Å². The number of unbranched alkanes of at least 4 members (excludes halogenated alkanes) is 5. The van der Waals surface area contributed by atoms with Crippen molar-refractivity contribution in [1.82, 2.24) is 0 Å². The van der Waals surface area contributed by atoms with Gasteiger partial charge in [0, 0.05) is 0 Å². The lowest BCUT2D eigenvalue weighted by Gasteiger charge is -2.02. The van der Waals surface area contributed by atoms with Gasteiger partial charge in [0.1, 0.15) is 5.88 Å². The molecule has 0 spiro atoms. The Morgan fingerprint density at radius 1 is 1.21 bits per heavy atom. The van der Waals surface area contributed by atoms with Crippen LogP contribution in [0.4, 0.5) is 0 Å². The third-order valence-electron chi connectivity index (χ3n) is 2.12. The van der Waals surface area contributed by atoms with Gasteiger partial charge in [-0.2, -0.15) is 0 Å². The maximum Gasteiger partial charge on any atom is 0.307 e. The topological polar surface area (TPSA) is 26.3 Å². The van der Waals surface area contributed by atoms with Gasteiger partial charge in [0.2, 0.25) is 9.76 Å². The molecule has 0 saturated carbocycles. The van der Waals surface area contributed by atoms with Gasteiger partial charge in [-0.15, -0.1) is 11.6 Å². The Bertz CT molecular complexity index is 142. The van der Waals surface area contributed by atoms with E-state index in [-0.39, 0.29) is 11.8 Å². The normalized spacial score (nSPS) is 11.0. The van der Waals surface area contributed by atoms with Crippen LogP contribution in [0.2, 0.25) is 6.04 Å². The summed E-state index contributed by atoms with van der Waals surface area (Å²) in [5.41, 5.74) is 0. The summed E-state index contributed by atoms with van der Waals surface area (Å²) in [5.74, 6) is -0.243. The summed E-state index contributed by atoms with van der Waals surface area (Å²) < 4.78 is 4.99. The van der Waals surface area contributed by atoms with Crippen molar-refractivity contribution in [1.29, 1.82) is 0 Å². The Morgan fingerprint density at radius 2 is 1.86 bits per heavy atom. The molecule has 0 amide bonds. The molecule has 0 aromatic heterocycles. The Morgan fingerprint density at radius 3 is 2.50 bits per heavy atom. The second kappa shape index (κ2) is 11.1. The lowest BCUT2D eigenvalue weighted by atomic mass is 10.1. The van der Waals surface area contributed by atoms with Gasteiger partial charge in [0.15, 0.2) is 0 Å². The van der Waals surface area contributed by atoms with Crippen molar-refractivity contribution >= 4 is 27.3 Å². The first-order valence-electron chi connectivity index (χ1n) is 5.52. The second-order valence-corrected chi connectivity index (χ2v) is 5.15. The van der Waals surface area contributed by atoms with Gasteiger partial charge < -0.3 is 4.43 Å². The van der Waals surface area contributed by atoms with E-state index in [0.717, 1.165) is 6.04 Å². The first-order chi connectivity index (χ1) is 6.81. The quantitative estimate of drug-likeness (QED) is 0.350. The fourth-order valence-corrected chi connectivity index (χ4v) is 2.52. The molecule has 0 fully saturated rings. The molecule has 0 saturated heterocycles. The zero-order chi connectivity index (χ0) is 10.6. The molecule has 0 aliphatic rings. The third kappa shape index (κ3) is 10.1. The summed E-state index contributed by atoms with van der Waals surface area (Å²) in [6, 6.07) is 1.11. The average Bonchev–Trinajstić information content (AvgIpc) is 2.21. The number of carbonyl (C=O) groups is 1. The molecule has 2 nitrogen and oxygen atoms in total. The lowest BCUT2D eigenvalue weighted by Crippen LogP contribution is -2.09. The maximum absolute atomic E-state index is 10.7. The number of hydrogen-bond donors (Lipinski definition) is 0. The van der Waals surface area contributed by atoms with Crippen molar-refractivity contribution in [2.75, 3.05) is 5.88 Å². The lowest BCUT2D eigenvalue weighted by molar-refractivity contribution is -0.131. The van der Waals surface area contributed by atoms with Gasteiger partial charge in [-0.05, 0) is 6.04 Å². The Balaban J connectivity index is 2.95. The first-order valence-corrected chi connectivity index (χ1v) is 7.64. The van der Waals surface area contributed by atoms with Crippen molar-refractivity contribution in [2.24, 2.45) is 0 Å². The number of alkyl halides is 1. The Hall–Kier alpha value is -0.0231. The number of rotatable bonds is 9. The van der Waals surface area contributed by atoms with Crippen LogP contribution < -0.4 is 0 Å². The molecule has 0 aromatic carbocycles.